The van der Waals surface area contributed by atoms with Gasteiger partial charge in [-0.3, -0.25) is 9.80 Å². The second-order valence-corrected chi connectivity index (χ2v) is 5.69. The number of piperidine rings is 1. The number of piperazine rings is 1. The predicted molar refractivity (Wildman–Crippen MR) is 71.4 cm³/mol. The van der Waals surface area contributed by atoms with Gasteiger partial charge in [-0.05, 0) is 45.7 Å². The molecule has 0 aromatic carbocycles. The summed E-state index contributed by atoms with van der Waals surface area (Å²) in [6, 6.07) is 1.59. The summed E-state index contributed by atoms with van der Waals surface area (Å²) in [4.78, 5) is 5.42. The van der Waals surface area contributed by atoms with E-state index in [0.717, 1.165) is 18.7 Å². The Kier molecular flexibility index (Phi) is 5.26. The monoisotopic (exact) mass is 240 g/mol. The molecule has 2 rings (SSSR count). The number of nitrogens with zero attached hydrogens (tertiary/aromatic N) is 2. The minimum absolute atomic E-state index is 0.742. The standard InChI is InChI=1S/C14H28N2O/c1-13-11-16-9-4-3-7-14(16)12-15(13)8-5-6-10-17-2/h13-14H,3-12H2,1-2H3. The summed E-state index contributed by atoms with van der Waals surface area (Å²) in [6.45, 7) is 8.49. The van der Waals surface area contributed by atoms with Gasteiger partial charge < -0.3 is 4.74 Å². The fourth-order valence-corrected chi connectivity index (χ4v) is 3.29. The molecule has 2 aliphatic heterocycles. The molecule has 0 aromatic rings. The van der Waals surface area contributed by atoms with Crippen LogP contribution in [0.25, 0.3) is 0 Å². The van der Waals surface area contributed by atoms with Gasteiger partial charge in [-0.1, -0.05) is 6.42 Å². The maximum atomic E-state index is 5.12. The lowest BCUT2D eigenvalue weighted by molar-refractivity contribution is 0.0139. The molecule has 2 heterocycles. The van der Waals surface area contributed by atoms with Gasteiger partial charge in [-0.15, -0.1) is 0 Å². The first-order chi connectivity index (χ1) is 8.31. The Morgan fingerprint density at radius 2 is 2.06 bits per heavy atom. The third kappa shape index (κ3) is 3.67. The fourth-order valence-electron chi connectivity index (χ4n) is 3.29. The molecule has 0 spiro atoms. The summed E-state index contributed by atoms with van der Waals surface area (Å²) in [5.74, 6) is 0. The third-order valence-corrected chi connectivity index (χ3v) is 4.36. The summed E-state index contributed by atoms with van der Waals surface area (Å²) in [5.41, 5.74) is 0. The molecule has 0 radical (unpaired) electrons. The Labute approximate surface area is 106 Å². The van der Waals surface area contributed by atoms with Gasteiger partial charge in [0.25, 0.3) is 0 Å². The Morgan fingerprint density at radius 3 is 2.88 bits per heavy atom. The first-order valence-electron chi connectivity index (χ1n) is 7.28. The number of unbranched alkanes of at least 4 members (excludes halogenated alkanes) is 1. The molecule has 0 saturated carbocycles. The highest BCUT2D eigenvalue weighted by Crippen LogP contribution is 2.24. The van der Waals surface area contributed by atoms with Crippen molar-refractivity contribution in [2.45, 2.75) is 51.1 Å². The number of ether oxygens (including phenoxy) is 1. The largest absolute Gasteiger partial charge is 0.385 e. The van der Waals surface area contributed by atoms with Gasteiger partial charge >= 0.3 is 0 Å². The Bertz CT molecular complexity index is 222. The van der Waals surface area contributed by atoms with E-state index in [2.05, 4.69) is 16.7 Å². The highest BCUT2D eigenvalue weighted by molar-refractivity contribution is 4.88. The van der Waals surface area contributed by atoms with Crippen molar-refractivity contribution in [1.82, 2.24) is 9.80 Å². The minimum atomic E-state index is 0.742. The number of hydrogen-bond acceptors (Lipinski definition) is 3. The molecule has 0 aromatic heterocycles. The molecule has 2 saturated heterocycles. The molecule has 3 heteroatoms. The fraction of sp³-hybridized carbons (Fsp3) is 1.00. The van der Waals surface area contributed by atoms with E-state index in [1.54, 1.807) is 7.11 Å². The van der Waals surface area contributed by atoms with Crippen LogP contribution in [0.15, 0.2) is 0 Å². The van der Waals surface area contributed by atoms with Crippen molar-refractivity contribution in [3.8, 4) is 0 Å². The molecule has 17 heavy (non-hydrogen) atoms. The van der Waals surface area contributed by atoms with Gasteiger partial charge in [0.1, 0.15) is 0 Å². The van der Waals surface area contributed by atoms with Crippen LogP contribution >= 0.6 is 0 Å². The summed E-state index contributed by atoms with van der Waals surface area (Å²) < 4.78 is 5.12. The SMILES string of the molecule is COCCCCN1CC2CCCCN2CC1C. The molecule has 2 aliphatic rings. The van der Waals surface area contributed by atoms with Crippen LogP contribution in [0.3, 0.4) is 0 Å². The van der Waals surface area contributed by atoms with E-state index in [1.807, 2.05) is 0 Å². The van der Waals surface area contributed by atoms with Crippen LogP contribution in [0.1, 0.15) is 39.0 Å². The maximum absolute atomic E-state index is 5.12. The number of hydrogen-bond donors (Lipinski definition) is 0. The van der Waals surface area contributed by atoms with Crippen LogP contribution in [0, 0.1) is 0 Å². The zero-order valence-corrected chi connectivity index (χ0v) is 11.5. The van der Waals surface area contributed by atoms with Crippen molar-refractivity contribution in [2.75, 3.05) is 39.9 Å². The molecule has 0 bridgehead atoms. The lowest BCUT2D eigenvalue weighted by atomic mass is 9.97. The molecule has 2 atom stereocenters. The number of rotatable bonds is 5. The maximum Gasteiger partial charge on any atom is 0.0462 e. The molecular weight excluding hydrogens is 212 g/mol. The van der Waals surface area contributed by atoms with Crippen LogP contribution in [0.2, 0.25) is 0 Å². The number of methoxy groups -OCH3 is 1. The molecule has 0 N–H and O–H groups in total. The molecule has 100 valence electrons. The normalized spacial score (nSPS) is 31.4. The minimum Gasteiger partial charge on any atom is -0.385 e. The van der Waals surface area contributed by atoms with Crippen LogP contribution in [0.5, 0.6) is 0 Å². The third-order valence-electron chi connectivity index (χ3n) is 4.36. The van der Waals surface area contributed by atoms with Gasteiger partial charge in [0.15, 0.2) is 0 Å². The second-order valence-electron chi connectivity index (χ2n) is 5.69. The second kappa shape index (κ2) is 6.72. The van der Waals surface area contributed by atoms with Crippen LogP contribution < -0.4 is 0 Å². The molecule has 0 aliphatic carbocycles. The molecule has 0 amide bonds. The summed E-state index contributed by atoms with van der Waals surface area (Å²) in [6.07, 6.45) is 6.75. The van der Waals surface area contributed by atoms with Crippen molar-refractivity contribution >= 4 is 0 Å². The molecular formula is C14H28N2O. The van der Waals surface area contributed by atoms with Gasteiger partial charge in [0, 0.05) is 38.9 Å². The van der Waals surface area contributed by atoms with E-state index < -0.39 is 0 Å². The van der Waals surface area contributed by atoms with E-state index in [1.165, 1.54) is 58.3 Å². The lowest BCUT2D eigenvalue weighted by Gasteiger charge is -2.47. The smallest absolute Gasteiger partial charge is 0.0462 e. The summed E-state index contributed by atoms with van der Waals surface area (Å²) >= 11 is 0. The first-order valence-corrected chi connectivity index (χ1v) is 7.28. The predicted octanol–water partition coefficient (Wildman–Crippen LogP) is 1.97. The van der Waals surface area contributed by atoms with E-state index in [0.29, 0.717) is 0 Å². The van der Waals surface area contributed by atoms with Gasteiger partial charge in [0.05, 0.1) is 0 Å². The van der Waals surface area contributed by atoms with Gasteiger partial charge in [-0.2, -0.15) is 0 Å². The highest BCUT2D eigenvalue weighted by atomic mass is 16.5. The first kappa shape index (κ1) is 13.3. The van der Waals surface area contributed by atoms with Crippen LogP contribution in [-0.2, 0) is 4.74 Å². The van der Waals surface area contributed by atoms with E-state index >= 15 is 0 Å². The topological polar surface area (TPSA) is 15.7 Å². The lowest BCUT2D eigenvalue weighted by Crippen LogP contribution is -2.58. The average molecular weight is 240 g/mol. The zero-order valence-electron chi connectivity index (χ0n) is 11.5. The van der Waals surface area contributed by atoms with Crippen molar-refractivity contribution in [2.24, 2.45) is 0 Å². The van der Waals surface area contributed by atoms with Crippen molar-refractivity contribution in [3.63, 3.8) is 0 Å². The van der Waals surface area contributed by atoms with E-state index in [4.69, 9.17) is 4.74 Å². The highest BCUT2D eigenvalue weighted by Gasteiger charge is 2.32. The van der Waals surface area contributed by atoms with Gasteiger partial charge in [-0.25, -0.2) is 0 Å². The number of fused-ring (bicyclic) bond motifs is 1. The van der Waals surface area contributed by atoms with Crippen LogP contribution in [0.4, 0.5) is 0 Å². The Balaban J connectivity index is 1.74. The molecule has 2 fully saturated rings. The van der Waals surface area contributed by atoms with Crippen molar-refractivity contribution in [3.05, 3.63) is 0 Å². The Morgan fingerprint density at radius 1 is 1.18 bits per heavy atom. The quantitative estimate of drug-likeness (QED) is 0.683. The van der Waals surface area contributed by atoms with E-state index in [-0.39, 0.29) is 0 Å². The Hall–Kier alpha value is -0.120. The van der Waals surface area contributed by atoms with Gasteiger partial charge in [0.2, 0.25) is 0 Å². The zero-order chi connectivity index (χ0) is 12.1. The van der Waals surface area contributed by atoms with Crippen LogP contribution in [-0.4, -0.2) is 61.8 Å². The van der Waals surface area contributed by atoms with Crippen molar-refractivity contribution < 1.29 is 4.74 Å². The summed E-state index contributed by atoms with van der Waals surface area (Å²) in [7, 11) is 1.80. The average Bonchev–Trinajstić information content (AvgIpc) is 2.35. The summed E-state index contributed by atoms with van der Waals surface area (Å²) in [5, 5.41) is 0. The van der Waals surface area contributed by atoms with Crippen molar-refractivity contribution in [1.29, 1.82) is 0 Å². The molecule has 3 nitrogen and oxygen atoms in total. The van der Waals surface area contributed by atoms with E-state index in [9.17, 15) is 0 Å². The molecule has 2 unspecified atom stereocenters.